The maximum Gasteiger partial charge on any atom is 0.264 e. The van der Waals surface area contributed by atoms with Crippen molar-refractivity contribution in [3.63, 3.8) is 0 Å². The van der Waals surface area contributed by atoms with Crippen molar-refractivity contribution in [2.24, 2.45) is 0 Å². The van der Waals surface area contributed by atoms with Gasteiger partial charge in [0.1, 0.15) is 5.75 Å². The lowest BCUT2D eigenvalue weighted by molar-refractivity contribution is 0.0950. The number of amides is 1. The lowest BCUT2D eigenvalue weighted by Gasteiger charge is -2.20. The molecule has 0 aliphatic heterocycles. The number of nitrogens with zero attached hydrogens (tertiary/aromatic N) is 1. The molecule has 1 amide bonds. The second kappa shape index (κ2) is 10.3. The molecular weight excluding hydrogens is 444 g/mol. The number of nitrogens with one attached hydrogen (secondary N) is 1. The number of methoxy groups -OCH3 is 3. The number of hydrogen-bond donors (Lipinski definition) is 1. The van der Waals surface area contributed by atoms with Crippen LogP contribution < -0.4 is 23.8 Å². The van der Waals surface area contributed by atoms with Gasteiger partial charge < -0.3 is 19.5 Å². The van der Waals surface area contributed by atoms with E-state index in [2.05, 4.69) is 5.32 Å². The maximum atomic E-state index is 13.1. The molecule has 0 aliphatic carbocycles. The molecule has 3 rings (SSSR count). The summed E-state index contributed by atoms with van der Waals surface area (Å²) in [4.78, 5) is 12.7. The van der Waals surface area contributed by atoms with E-state index >= 15 is 0 Å². The zero-order chi connectivity index (χ0) is 24.0. The molecule has 0 aromatic heterocycles. The summed E-state index contributed by atoms with van der Waals surface area (Å²) < 4.78 is 43.0. The second-order valence-electron chi connectivity index (χ2n) is 7.07. The van der Waals surface area contributed by atoms with Gasteiger partial charge in [0.15, 0.2) is 11.5 Å². The van der Waals surface area contributed by atoms with Crippen LogP contribution in [0, 0.1) is 0 Å². The van der Waals surface area contributed by atoms with E-state index in [4.69, 9.17) is 14.2 Å². The highest BCUT2D eigenvalue weighted by Crippen LogP contribution is 2.28. The number of carbonyl (C=O) groups is 1. The Labute approximate surface area is 193 Å². The van der Waals surface area contributed by atoms with Gasteiger partial charge in [-0.25, -0.2) is 8.42 Å². The first-order valence-electron chi connectivity index (χ1n) is 10.0. The summed E-state index contributed by atoms with van der Waals surface area (Å²) in [5.41, 5.74) is 1.52. The zero-order valence-corrected chi connectivity index (χ0v) is 19.7. The van der Waals surface area contributed by atoms with Crippen LogP contribution in [0.25, 0.3) is 0 Å². The average molecular weight is 471 g/mol. The first kappa shape index (κ1) is 23.9. The Morgan fingerprint density at radius 2 is 1.58 bits per heavy atom. The molecule has 0 atom stereocenters. The average Bonchev–Trinajstić information content (AvgIpc) is 2.86. The highest BCUT2D eigenvalue weighted by atomic mass is 32.2. The number of anilines is 1. The third kappa shape index (κ3) is 5.38. The van der Waals surface area contributed by atoms with Crippen LogP contribution in [0.3, 0.4) is 0 Å². The van der Waals surface area contributed by atoms with Gasteiger partial charge >= 0.3 is 0 Å². The number of ether oxygens (including phenoxy) is 3. The summed E-state index contributed by atoms with van der Waals surface area (Å²) in [7, 11) is 2.21. The van der Waals surface area contributed by atoms with Crippen molar-refractivity contribution < 1.29 is 27.4 Å². The highest BCUT2D eigenvalue weighted by molar-refractivity contribution is 7.92. The van der Waals surface area contributed by atoms with Gasteiger partial charge in [0.25, 0.3) is 15.9 Å². The Bertz CT molecular complexity index is 1230. The summed E-state index contributed by atoms with van der Waals surface area (Å²) in [5.74, 6) is 1.37. The number of hydrogen-bond acceptors (Lipinski definition) is 6. The molecule has 0 aliphatic rings. The molecule has 3 aromatic carbocycles. The van der Waals surface area contributed by atoms with Crippen molar-refractivity contribution in [1.82, 2.24) is 5.32 Å². The second-order valence-corrected chi connectivity index (χ2v) is 9.04. The van der Waals surface area contributed by atoms with Crippen molar-refractivity contribution in [2.75, 3.05) is 32.7 Å². The number of sulfonamides is 1. The zero-order valence-electron chi connectivity index (χ0n) is 18.9. The number of carbonyl (C=O) groups excluding carboxylic acids is 1. The molecular formula is C24H26N2O6S. The monoisotopic (exact) mass is 470 g/mol. The summed E-state index contributed by atoms with van der Waals surface area (Å²) in [6.07, 6.45) is 0. The van der Waals surface area contributed by atoms with E-state index < -0.39 is 15.9 Å². The predicted octanol–water partition coefficient (Wildman–Crippen LogP) is 3.47. The number of benzene rings is 3. The van der Waals surface area contributed by atoms with Crippen LogP contribution in [0.1, 0.15) is 15.9 Å². The fourth-order valence-corrected chi connectivity index (χ4v) is 4.40. The van der Waals surface area contributed by atoms with Gasteiger partial charge in [-0.15, -0.1) is 0 Å². The molecule has 33 heavy (non-hydrogen) atoms. The van der Waals surface area contributed by atoms with Gasteiger partial charge in [-0.2, -0.15) is 0 Å². The fourth-order valence-electron chi connectivity index (χ4n) is 3.16. The highest BCUT2D eigenvalue weighted by Gasteiger charge is 2.22. The van der Waals surface area contributed by atoms with Crippen molar-refractivity contribution in [3.05, 3.63) is 77.9 Å². The SMILES string of the molecule is COc1ccc(N(C)S(=O)(=O)c2cccc(C(=O)NCc3ccc(OC)c(OC)c3)c2)cc1. The van der Waals surface area contributed by atoms with Gasteiger partial charge in [0.05, 0.1) is 31.9 Å². The Morgan fingerprint density at radius 1 is 0.879 bits per heavy atom. The van der Waals surface area contributed by atoms with Crippen LogP contribution in [-0.4, -0.2) is 42.7 Å². The molecule has 8 nitrogen and oxygen atoms in total. The molecule has 0 bridgehead atoms. The van der Waals surface area contributed by atoms with E-state index in [1.54, 1.807) is 55.6 Å². The largest absolute Gasteiger partial charge is 0.497 e. The Balaban J connectivity index is 1.75. The minimum atomic E-state index is -3.87. The van der Waals surface area contributed by atoms with Gasteiger partial charge in [0.2, 0.25) is 0 Å². The van der Waals surface area contributed by atoms with Crippen molar-refractivity contribution in [3.8, 4) is 17.2 Å². The Morgan fingerprint density at radius 3 is 2.21 bits per heavy atom. The van der Waals surface area contributed by atoms with Crippen LogP contribution in [0.2, 0.25) is 0 Å². The summed E-state index contributed by atoms with van der Waals surface area (Å²) in [5, 5.41) is 2.80. The lowest BCUT2D eigenvalue weighted by atomic mass is 10.1. The van der Waals surface area contributed by atoms with E-state index in [0.29, 0.717) is 22.9 Å². The van der Waals surface area contributed by atoms with E-state index in [9.17, 15) is 13.2 Å². The minimum Gasteiger partial charge on any atom is -0.497 e. The van der Waals surface area contributed by atoms with E-state index in [1.807, 2.05) is 6.07 Å². The maximum absolute atomic E-state index is 13.1. The predicted molar refractivity (Wildman–Crippen MR) is 126 cm³/mol. The van der Waals surface area contributed by atoms with Crippen LogP contribution in [-0.2, 0) is 16.6 Å². The summed E-state index contributed by atoms with van der Waals surface area (Å²) in [6.45, 7) is 0.238. The fraction of sp³-hybridized carbons (Fsp3) is 0.208. The molecule has 0 heterocycles. The van der Waals surface area contributed by atoms with Crippen LogP contribution >= 0.6 is 0 Å². The Hall–Kier alpha value is -3.72. The molecule has 9 heteroatoms. The van der Waals surface area contributed by atoms with Gasteiger partial charge in [-0.3, -0.25) is 9.10 Å². The quantitative estimate of drug-likeness (QED) is 0.515. The topological polar surface area (TPSA) is 94.2 Å². The summed E-state index contributed by atoms with van der Waals surface area (Å²) in [6, 6.07) is 17.9. The summed E-state index contributed by atoms with van der Waals surface area (Å²) >= 11 is 0. The molecule has 174 valence electrons. The third-order valence-corrected chi connectivity index (χ3v) is 6.87. The number of rotatable bonds is 9. The molecule has 1 N–H and O–H groups in total. The van der Waals surface area contributed by atoms with Gasteiger partial charge in [0, 0.05) is 19.2 Å². The van der Waals surface area contributed by atoms with Gasteiger partial charge in [-0.1, -0.05) is 12.1 Å². The first-order chi connectivity index (χ1) is 15.8. The molecule has 0 saturated heterocycles. The van der Waals surface area contributed by atoms with Crippen molar-refractivity contribution in [2.45, 2.75) is 11.4 Å². The normalized spacial score (nSPS) is 10.9. The first-order valence-corrected chi connectivity index (χ1v) is 11.5. The van der Waals surface area contributed by atoms with Crippen molar-refractivity contribution in [1.29, 1.82) is 0 Å². The molecule has 0 radical (unpaired) electrons. The van der Waals surface area contributed by atoms with Crippen LogP contribution in [0.5, 0.6) is 17.2 Å². The Kier molecular flexibility index (Phi) is 7.44. The van der Waals surface area contributed by atoms with E-state index in [0.717, 1.165) is 9.87 Å². The van der Waals surface area contributed by atoms with E-state index in [1.165, 1.54) is 33.4 Å². The van der Waals surface area contributed by atoms with Crippen molar-refractivity contribution >= 4 is 21.6 Å². The molecule has 0 fully saturated rings. The van der Waals surface area contributed by atoms with Gasteiger partial charge in [-0.05, 0) is 60.2 Å². The smallest absolute Gasteiger partial charge is 0.264 e. The molecule has 0 spiro atoms. The molecule has 3 aromatic rings. The lowest BCUT2D eigenvalue weighted by Crippen LogP contribution is -2.27. The molecule has 0 saturated carbocycles. The standard InChI is InChI=1S/C24H26N2O6S/c1-26(19-9-11-20(30-2)12-10-19)33(28,29)21-7-5-6-18(15-21)24(27)25-16-17-8-13-22(31-3)23(14-17)32-4/h5-15H,16H2,1-4H3,(H,25,27). The molecule has 0 unspecified atom stereocenters. The van der Waals surface area contributed by atoms with Crippen LogP contribution in [0.4, 0.5) is 5.69 Å². The van der Waals surface area contributed by atoms with E-state index in [-0.39, 0.29) is 17.0 Å². The third-order valence-electron chi connectivity index (χ3n) is 5.09. The van der Waals surface area contributed by atoms with Crippen LogP contribution in [0.15, 0.2) is 71.6 Å². The minimum absolute atomic E-state index is 0.0135.